The Bertz CT molecular complexity index is 2240. The van der Waals surface area contributed by atoms with Gasteiger partial charge in [0.15, 0.2) is 23.1 Å². The van der Waals surface area contributed by atoms with Gasteiger partial charge in [0.25, 0.3) is 0 Å². The number of hydrogen-bond acceptors (Lipinski definition) is 8. The second kappa shape index (κ2) is 43.5. The van der Waals surface area contributed by atoms with E-state index in [-0.39, 0.29) is 23.1 Å². The van der Waals surface area contributed by atoms with Gasteiger partial charge in [-0.2, -0.15) is 0 Å². The van der Waals surface area contributed by atoms with Crippen LogP contribution in [0.3, 0.4) is 0 Å². The molecule has 0 aliphatic heterocycles. The summed E-state index contributed by atoms with van der Waals surface area (Å²) in [5.41, 5.74) is 9.02. The van der Waals surface area contributed by atoms with Crippen molar-refractivity contribution in [3.05, 3.63) is 115 Å². The van der Waals surface area contributed by atoms with Crippen LogP contribution in [0.1, 0.15) is 370 Å². The van der Waals surface area contributed by atoms with Crippen LogP contribution in [0.4, 0.5) is 0 Å². The first-order chi connectivity index (χ1) is 43.0. The number of fused-ring (bicyclic) bond motifs is 8. The highest BCUT2D eigenvalue weighted by Gasteiger charge is 2.27. The van der Waals surface area contributed by atoms with E-state index in [9.17, 15) is 19.2 Å². The third-order valence-corrected chi connectivity index (χ3v) is 18.6. The molecule has 0 aromatic heterocycles. The number of benzene rings is 4. The molecule has 1 aliphatic carbocycles. The summed E-state index contributed by atoms with van der Waals surface area (Å²) in [6.45, 7) is 9.01. The van der Waals surface area contributed by atoms with Crippen LogP contribution in [0, 0.1) is 0 Å². The summed E-state index contributed by atoms with van der Waals surface area (Å²) in [4.78, 5) is 58.6. The predicted octanol–water partition coefficient (Wildman–Crippen LogP) is 22.8. The van der Waals surface area contributed by atoms with Crippen molar-refractivity contribution in [1.82, 2.24) is 0 Å². The quantitative estimate of drug-likeness (QED) is 0.0280. The number of unbranched alkanes of at least 4 members (excludes halogenated alkanes) is 32. The Morgan fingerprint density at radius 3 is 0.511 bits per heavy atom. The van der Waals surface area contributed by atoms with Crippen LogP contribution < -0.4 is 18.9 Å². The lowest BCUT2D eigenvalue weighted by Crippen LogP contribution is -2.12. The topological polar surface area (TPSA) is 105 Å². The molecule has 0 spiro atoms. The maximum Gasteiger partial charge on any atom is 0.162 e. The average Bonchev–Trinajstić information content (AvgIpc) is 1.25. The second-order valence-electron chi connectivity index (χ2n) is 26.0. The van der Waals surface area contributed by atoms with Crippen LogP contribution >= 0.6 is 0 Å². The highest BCUT2D eigenvalue weighted by molar-refractivity contribution is 5.99. The average molecular weight is 1210 g/mol. The Hall–Kier alpha value is -5.24. The van der Waals surface area contributed by atoms with Crippen molar-refractivity contribution in [2.75, 3.05) is 28.4 Å². The SMILES string of the molecule is CCCCCCCCCCCC(=O)c1cc2c(OC)c(c1)Cc1cc(C(=O)CCCCCCCCCCC)cc(c1OC)Cc1cc(C(=O)CCCCCCCCCCC)cc(c1OC)Cc1cc(C(=O)CCCCCCCCCCC)cc(c1OC)C2. The summed E-state index contributed by atoms with van der Waals surface area (Å²) in [7, 11) is 6.77. The lowest BCUT2D eigenvalue weighted by molar-refractivity contribution is 0.0971. The number of carbonyl (C=O) groups is 4. The Labute approximate surface area is 535 Å². The molecule has 8 nitrogen and oxygen atoms in total. The first-order valence-electron chi connectivity index (χ1n) is 36.0. The van der Waals surface area contributed by atoms with E-state index in [0.29, 0.717) is 96.6 Å². The zero-order valence-corrected chi connectivity index (χ0v) is 57.0. The van der Waals surface area contributed by atoms with Gasteiger partial charge in [-0.1, -0.05) is 233 Å². The van der Waals surface area contributed by atoms with Gasteiger partial charge in [-0.25, -0.2) is 0 Å². The minimum atomic E-state index is 0.0892. The number of methoxy groups -OCH3 is 4. The fourth-order valence-corrected chi connectivity index (χ4v) is 13.5. The molecule has 0 atom stereocenters. The van der Waals surface area contributed by atoms with E-state index >= 15 is 0 Å². The van der Waals surface area contributed by atoms with Crippen molar-refractivity contribution < 1.29 is 38.1 Å². The smallest absolute Gasteiger partial charge is 0.162 e. The van der Waals surface area contributed by atoms with E-state index in [1.54, 1.807) is 28.4 Å². The maximum absolute atomic E-state index is 14.6. The van der Waals surface area contributed by atoms with E-state index in [2.05, 4.69) is 27.7 Å². The van der Waals surface area contributed by atoms with E-state index in [0.717, 1.165) is 122 Å². The van der Waals surface area contributed by atoms with Crippen molar-refractivity contribution in [3.63, 3.8) is 0 Å². The van der Waals surface area contributed by atoms with Gasteiger partial charge in [-0.3, -0.25) is 19.2 Å². The van der Waals surface area contributed by atoms with E-state index in [1.165, 1.54) is 154 Å². The fourth-order valence-electron chi connectivity index (χ4n) is 13.5. The molecule has 0 unspecified atom stereocenters. The van der Waals surface area contributed by atoms with Crippen LogP contribution in [0.15, 0.2) is 48.5 Å². The molecule has 88 heavy (non-hydrogen) atoms. The lowest BCUT2D eigenvalue weighted by atomic mass is 9.86. The molecule has 4 aromatic rings. The van der Waals surface area contributed by atoms with E-state index in [4.69, 9.17) is 18.9 Å². The normalized spacial score (nSPS) is 12.1. The van der Waals surface area contributed by atoms with Gasteiger partial charge in [0.2, 0.25) is 0 Å². The van der Waals surface area contributed by atoms with Gasteiger partial charge in [0.05, 0.1) is 28.4 Å². The summed E-state index contributed by atoms with van der Waals surface area (Å²) >= 11 is 0. The molecule has 0 radical (unpaired) electrons. The number of hydrogen-bond donors (Lipinski definition) is 0. The lowest BCUT2D eigenvalue weighted by Gasteiger charge is -2.23. The van der Waals surface area contributed by atoms with Crippen molar-refractivity contribution in [2.45, 2.75) is 310 Å². The van der Waals surface area contributed by atoms with Crippen molar-refractivity contribution in [1.29, 1.82) is 0 Å². The molecule has 5 rings (SSSR count). The van der Waals surface area contributed by atoms with E-state index in [1.807, 2.05) is 48.5 Å². The van der Waals surface area contributed by atoms with Crippen LogP contribution in [0.5, 0.6) is 23.0 Å². The maximum atomic E-state index is 14.6. The minimum absolute atomic E-state index is 0.0892. The molecule has 0 fully saturated rings. The summed E-state index contributed by atoms with van der Waals surface area (Å²) in [6.07, 6.45) is 45.0. The highest BCUT2D eigenvalue weighted by atomic mass is 16.5. The number of carbonyl (C=O) groups excluding carboxylic acids is 4. The van der Waals surface area contributed by atoms with Crippen LogP contribution in [-0.2, 0) is 25.7 Å². The highest BCUT2D eigenvalue weighted by Crippen LogP contribution is 2.41. The third-order valence-electron chi connectivity index (χ3n) is 18.6. The van der Waals surface area contributed by atoms with Gasteiger partial charge in [-0.05, 0) is 119 Å². The summed E-state index contributed by atoms with van der Waals surface area (Å²) in [5.74, 6) is 2.96. The molecule has 0 saturated carbocycles. The first-order valence-corrected chi connectivity index (χ1v) is 36.0. The van der Waals surface area contributed by atoms with Crippen molar-refractivity contribution >= 4 is 23.1 Å². The van der Waals surface area contributed by atoms with Crippen molar-refractivity contribution in [3.8, 4) is 23.0 Å². The molecule has 4 aromatic carbocycles. The van der Waals surface area contributed by atoms with Crippen LogP contribution in [0.2, 0.25) is 0 Å². The Morgan fingerprint density at radius 2 is 0.375 bits per heavy atom. The van der Waals surface area contributed by atoms with Crippen LogP contribution in [-0.4, -0.2) is 51.6 Å². The van der Waals surface area contributed by atoms with Gasteiger partial charge in [-0.15, -0.1) is 0 Å². The number of Topliss-reactive ketones (excluding diaryl/α,β-unsaturated/α-hetero) is 4. The third kappa shape index (κ3) is 25.2. The minimum Gasteiger partial charge on any atom is -0.496 e. The van der Waals surface area contributed by atoms with E-state index < -0.39 is 0 Å². The van der Waals surface area contributed by atoms with Crippen molar-refractivity contribution in [2.24, 2.45) is 0 Å². The number of ether oxygens (including phenoxy) is 4. The zero-order valence-electron chi connectivity index (χ0n) is 57.0. The van der Waals surface area contributed by atoms with Gasteiger partial charge in [0, 0.05) is 73.6 Å². The predicted molar refractivity (Wildman–Crippen MR) is 368 cm³/mol. The standard InChI is InChI=1S/C80H120O8/c1-9-13-17-21-25-29-33-37-41-45-73(81)61-49-65-57-67-51-62(74(82)46-42-38-34-30-26-22-18-14-10-2)53-69(78(67)86-6)59-71-55-64(76(84)48-44-40-36-32-28-24-20-16-12-4)56-72(80(71)88-8)60-70-54-63(75(83)47-43-39-35-31-27-23-19-15-11-3)52-68(79(70)87-7)58-66(50-61)77(65)85-5/h49-56H,9-48,57-60H2,1-8H3. The van der Waals surface area contributed by atoms with Crippen LogP contribution in [0.25, 0.3) is 0 Å². The number of rotatable bonds is 48. The Kier molecular flexibility index (Phi) is 36.3. The summed E-state index contributed by atoms with van der Waals surface area (Å²) in [6, 6.07) is 16.0. The first kappa shape index (κ1) is 73.5. The Balaban J connectivity index is 1.64. The molecule has 0 amide bonds. The van der Waals surface area contributed by atoms with Gasteiger partial charge in [0.1, 0.15) is 23.0 Å². The van der Waals surface area contributed by atoms with Gasteiger partial charge >= 0.3 is 0 Å². The fraction of sp³-hybridized carbons (Fsp3) is 0.650. The molecule has 0 heterocycles. The largest absolute Gasteiger partial charge is 0.496 e. The molecular weight excluding hydrogens is 1090 g/mol. The number of ketones is 4. The molecule has 8 bridgehead atoms. The summed E-state index contributed by atoms with van der Waals surface area (Å²) in [5, 5.41) is 0. The second-order valence-corrected chi connectivity index (χ2v) is 26.0. The molecule has 8 heteroatoms. The summed E-state index contributed by atoms with van der Waals surface area (Å²) < 4.78 is 25.9. The molecule has 0 saturated heterocycles. The Morgan fingerprint density at radius 1 is 0.239 bits per heavy atom. The monoisotopic (exact) mass is 1210 g/mol. The van der Waals surface area contributed by atoms with Gasteiger partial charge < -0.3 is 18.9 Å². The molecule has 0 N–H and O–H groups in total. The molecule has 1 aliphatic rings. The zero-order chi connectivity index (χ0) is 63.1. The molecule has 488 valence electrons. The molecular formula is C80H120O8.